The van der Waals surface area contributed by atoms with E-state index in [0.29, 0.717) is 49.4 Å². The Morgan fingerprint density at radius 1 is 1.08 bits per heavy atom. The average molecular weight is 503 g/mol. The summed E-state index contributed by atoms with van der Waals surface area (Å²) < 4.78 is 8.25. The smallest absolute Gasteiger partial charge is 0.254 e. The highest BCUT2D eigenvalue weighted by molar-refractivity contribution is 6.07. The third-order valence-corrected chi connectivity index (χ3v) is 7.78. The van der Waals surface area contributed by atoms with Crippen molar-refractivity contribution in [1.82, 2.24) is 25.0 Å². The molecule has 3 aliphatic rings. The lowest BCUT2D eigenvalue weighted by Gasteiger charge is -2.43. The van der Waals surface area contributed by atoms with E-state index in [1.54, 1.807) is 4.68 Å². The monoisotopic (exact) mass is 502 g/mol. The Balaban J connectivity index is 1.23. The van der Waals surface area contributed by atoms with E-state index < -0.39 is 5.60 Å². The molecule has 0 atom stereocenters. The van der Waals surface area contributed by atoms with Gasteiger partial charge >= 0.3 is 0 Å². The van der Waals surface area contributed by atoms with Crippen LogP contribution in [0.3, 0.4) is 0 Å². The third kappa shape index (κ3) is 4.35. The summed E-state index contributed by atoms with van der Waals surface area (Å²) in [6.45, 7) is 10.8. The molecule has 1 amide bonds. The lowest BCUT2D eigenvalue weighted by atomic mass is 9.83. The molecule has 3 aliphatic heterocycles. The van der Waals surface area contributed by atoms with Gasteiger partial charge in [0.15, 0.2) is 17.2 Å². The van der Waals surface area contributed by atoms with Crippen LogP contribution in [0.25, 0.3) is 10.9 Å². The number of hydrogen-bond donors (Lipinski definition) is 1. The van der Waals surface area contributed by atoms with Crippen LogP contribution in [0.2, 0.25) is 0 Å². The van der Waals surface area contributed by atoms with Crippen LogP contribution in [-0.2, 0) is 5.54 Å². The summed E-state index contributed by atoms with van der Waals surface area (Å²) >= 11 is 0. The number of para-hydroxylation sites is 1. The number of amides is 1. The van der Waals surface area contributed by atoms with Crippen LogP contribution in [0, 0.1) is 0 Å². The van der Waals surface area contributed by atoms with E-state index >= 15 is 0 Å². The molecule has 1 aromatic carbocycles. The molecule has 9 nitrogen and oxygen atoms in total. The van der Waals surface area contributed by atoms with Crippen molar-refractivity contribution in [2.75, 3.05) is 44.2 Å². The zero-order chi connectivity index (χ0) is 25.8. The van der Waals surface area contributed by atoms with Crippen LogP contribution in [-0.4, -0.2) is 76.2 Å². The molecule has 9 heteroatoms. The van der Waals surface area contributed by atoms with Gasteiger partial charge in [-0.25, -0.2) is 4.98 Å². The van der Waals surface area contributed by atoms with Crippen LogP contribution < -0.4 is 15.0 Å². The van der Waals surface area contributed by atoms with Crippen LogP contribution in [0.15, 0.2) is 36.5 Å². The summed E-state index contributed by atoms with van der Waals surface area (Å²) in [7, 11) is 0. The maximum Gasteiger partial charge on any atom is 0.254 e. The van der Waals surface area contributed by atoms with E-state index in [-0.39, 0.29) is 17.2 Å². The molecule has 1 N–H and O–H groups in total. The highest BCUT2D eigenvalue weighted by Crippen LogP contribution is 2.40. The third-order valence-electron chi connectivity index (χ3n) is 7.78. The van der Waals surface area contributed by atoms with Gasteiger partial charge < -0.3 is 19.9 Å². The minimum Gasteiger partial charge on any atom is -0.483 e. The number of benzene rings is 1. The number of pyridine rings is 1. The maximum absolute atomic E-state index is 13.8. The number of ketones is 1. The van der Waals surface area contributed by atoms with E-state index in [9.17, 15) is 9.59 Å². The molecule has 6 rings (SSSR count). The molecule has 2 aromatic heterocycles. The van der Waals surface area contributed by atoms with Crippen molar-refractivity contribution in [3.63, 3.8) is 0 Å². The first-order valence-corrected chi connectivity index (χ1v) is 13.2. The topological polar surface area (TPSA) is 92.6 Å². The van der Waals surface area contributed by atoms with Gasteiger partial charge in [-0.15, -0.1) is 0 Å². The van der Waals surface area contributed by atoms with Gasteiger partial charge in [0.25, 0.3) is 5.91 Å². The van der Waals surface area contributed by atoms with Crippen LogP contribution in [0.5, 0.6) is 5.75 Å². The number of nitrogens with zero attached hydrogens (tertiary/aromatic N) is 5. The van der Waals surface area contributed by atoms with Gasteiger partial charge in [0.1, 0.15) is 11.4 Å². The predicted molar refractivity (Wildman–Crippen MR) is 141 cm³/mol. The SMILES string of the molecule is CC(C)(C)n1cc2c(n1)C(=O)CC1(CCN(C(=O)c3cc(N4CCNCC4)nc4ccccc34)CC1)O2. The summed E-state index contributed by atoms with van der Waals surface area (Å²) in [6.07, 6.45) is 3.36. The van der Waals surface area contributed by atoms with Crippen molar-refractivity contribution < 1.29 is 14.3 Å². The summed E-state index contributed by atoms with van der Waals surface area (Å²) in [4.78, 5) is 35.9. The maximum atomic E-state index is 13.8. The lowest BCUT2D eigenvalue weighted by Crippen LogP contribution is -2.52. The van der Waals surface area contributed by atoms with Gasteiger partial charge in [-0.05, 0) is 32.9 Å². The van der Waals surface area contributed by atoms with Gasteiger partial charge in [-0.2, -0.15) is 5.10 Å². The highest BCUT2D eigenvalue weighted by atomic mass is 16.5. The Morgan fingerprint density at radius 3 is 2.54 bits per heavy atom. The average Bonchev–Trinajstić information content (AvgIpc) is 3.34. The number of nitrogens with one attached hydrogen (secondary N) is 1. The van der Waals surface area contributed by atoms with Crippen molar-refractivity contribution in [3.8, 4) is 5.75 Å². The number of likely N-dealkylation sites (tertiary alicyclic amines) is 1. The zero-order valence-electron chi connectivity index (χ0n) is 21.8. The number of Topliss-reactive ketones (excluding diaryl/α,β-unsaturated/α-hetero) is 1. The molecule has 2 saturated heterocycles. The van der Waals surface area contributed by atoms with Crippen LogP contribution in [0.4, 0.5) is 5.82 Å². The molecule has 194 valence electrons. The summed E-state index contributed by atoms with van der Waals surface area (Å²) in [6, 6.07) is 9.81. The van der Waals surface area contributed by atoms with Crippen molar-refractivity contribution in [2.45, 2.75) is 51.2 Å². The molecular weight excluding hydrogens is 468 g/mol. The lowest BCUT2D eigenvalue weighted by molar-refractivity contribution is -0.00581. The molecule has 5 heterocycles. The Kier molecular flexibility index (Phi) is 5.71. The van der Waals surface area contributed by atoms with Crippen molar-refractivity contribution in [2.24, 2.45) is 0 Å². The summed E-state index contributed by atoms with van der Waals surface area (Å²) in [5.74, 6) is 1.44. The minimum atomic E-state index is -0.584. The number of aromatic nitrogens is 3. The first-order valence-electron chi connectivity index (χ1n) is 13.2. The Hall–Kier alpha value is -3.46. The van der Waals surface area contributed by atoms with Gasteiger partial charge in [0, 0.05) is 57.5 Å². The largest absolute Gasteiger partial charge is 0.483 e. The fourth-order valence-electron chi connectivity index (χ4n) is 5.58. The van der Waals surface area contributed by atoms with Crippen molar-refractivity contribution >= 4 is 28.4 Å². The molecule has 3 aromatic rings. The quantitative estimate of drug-likeness (QED) is 0.575. The number of hydrogen-bond acceptors (Lipinski definition) is 7. The van der Waals surface area contributed by atoms with E-state index in [2.05, 4.69) is 15.3 Å². The van der Waals surface area contributed by atoms with Crippen molar-refractivity contribution in [3.05, 3.63) is 47.8 Å². The zero-order valence-corrected chi connectivity index (χ0v) is 21.8. The molecule has 2 fully saturated rings. The molecule has 0 unspecified atom stereocenters. The first kappa shape index (κ1) is 23.9. The second kappa shape index (κ2) is 8.83. The number of anilines is 1. The van der Waals surface area contributed by atoms with Crippen LogP contribution >= 0.6 is 0 Å². The number of carbonyl (C=O) groups excluding carboxylic acids is 2. The minimum absolute atomic E-state index is 0.00760. The Morgan fingerprint density at radius 2 is 1.81 bits per heavy atom. The second-order valence-corrected chi connectivity index (χ2v) is 11.4. The molecule has 0 saturated carbocycles. The number of piperidine rings is 1. The van der Waals surface area contributed by atoms with Gasteiger partial charge in [0.2, 0.25) is 0 Å². The number of fused-ring (bicyclic) bond motifs is 2. The van der Waals surface area contributed by atoms with Gasteiger partial charge in [-0.1, -0.05) is 18.2 Å². The number of rotatable bonds is 2. The van der Waals surface area contributed by atoms with E-state index in [0.717, 1.165) is 42.9 Å². The highest BCUT2D eigenvalue weighted by Gasteiger charge is 2.45. The Bertz CT molecular complexity index is 1360. The summed E-state index contributed by atoms with van der Waals surface area (Å²) in [5.41, 5.74) is 1.12. The molecule has 1 spiro atoms. The van der Waals surface area contributed by atoms with Gasteiger partial charge in [-0.3, -0.25) is 14.3 Å². The Labute approximate surface area is 216 Å². The molecular formula is C28H34N6O3. The standard InChI is InChI=1S/C28H34N6O3/c1-27(2,3)34-18-23-25(31-34)22(35)17-28(37-23)8-12-33(13-9-28)26(36)20-16-24(32-14-10-29-11-15-32)30-21-7-5-4-6-19(20)21/h4-7,16,18,29H,8-15,17H2,1-3H3. The fourth-order valence-corrected chi connectivity index (χ4v) is 5.58. The van der Waals surface area contributed by atoms with E-state index in [4.69, 9.17) is 9.72 Å². The van der Waals surface area contributed by atoms with E-state index in [1.165, 1.54) is 0 Å². The molecule has 0 bridgehead atoms. The fraction of sp³-hybridized carbons (Fsp3) is 0.500. The van der Waals surface area contributed by atoms with E-state index in [1.807, 2.05) is 62.2 Å². The second-order valence-electron chi connectivity index (χ2n) is 11.4. The number of ether oxygens (including phenoxy) is 1. The first-order chi connectivity index (χ1) is 17.7. The molecule has 37 heavy (non-hydrogen) atoms. The van der Waals surface area contributed by atoms with Crippen LogP contribution in [0.1, 0.15) is 60.9 Å². The normalized spacial score (nSPS) is 19.7. The van der Waals surface area contributed by atoms with Gasteiger partial charge in [0.05, 0.1) is 29.2 Å². The number of piperazine rings is 1. The summed E-state index contributed by atoms with van der Waals surface area (Å²) in [5, 5.41) is 8.74. The molecule has 0 radical (unpaired) electrons. The van der Waals surface area contributed by atoms with Crippen molar-refractivity contribution in [1.29, 1.82) is 0 Å². The number of carbonyl (C=O) groups is 2. The predicted octanol–water partition coefficient (Wildman–Crippen LogP) is 3.24. The molecule has 0 aliphatic carbocycles.